The van der Waals surface area contributed by atoms with Crippen LogP contribution in [-0.4, -0.2) is 23.9 Å². The Bertz CT molecular complexity index is 1530. The van der Waals surface area contributed by atoms with E-state index in [0.717, 1.165) is 17.0 Å². The molecule has 0 saturated carbocycles. The van der Waals surface area contributed by atoms with E-state index >= 15 is 0 Å². The molecule has 2 heterocycles. The number of fused-ring (bicyclic) bond motifs is 1. The second-order valence-corrected chi connectivity index (χ2v) is 8.25. The van der Waals surface area contributed by atoms with Crippen LogP contribution in [0.2, 0.25) is 5.02 Å². The normalized spacial score (nSPS) is 15.8. The number of methoxy groups -OCH3 is 1. The number of hydrogen-bond acceptors (Lipinski definition) is 5. The first-order valence-corrected chi connectivity index (χ1v) is 10.8. The van der Waals surface area contributed by atoms with Crippen LogP contribution in [0.1, 0.15) is 22.2 Å². The number of carbonyl (C=O) groups is 2. The lowest BCUT2D eigenvalue weighted by atomic mass is 9.95. The van der Waals surface area contributed by atoms with Crippen LogP contribution < -0.4 is 9.64 Å². The van der Waals surface area contributed by atoms with Gasteiger partial charge in [-0.25, -0.2) is 8.78 Å². The van der Waals surface area contributed by atoms with Gasteiger partial charge >= 0.3 is 0 Å². The highest BCUT2D eigenvalue weighted by Crippen LogP contribution is 2.43. The SMILES string of the molecule is COc1cc(Cl)cc2cc(C(=O)C3=C(O)C(=O)N(c4ccc(F)c(F)c4)C3c3ccccc3)oc12. The largest absolute Gasteiger partial charge is 0.503 e. The van der Waals surface area contributed by atoms with Crippen molar-refractivity contribution in [3.05, 3.63) is 106 Å². The zero-order chi connectivity index (χ0) is 24.9. The summed E-state index contributed by atoms with van der Waals surface area (Å²) in [6.45, 7) is 0. The first-order valence-electron chi connectivity index (χ1n) is 10.4. The van der Waals surface area contributed by atoms with Gasteiger partial charge in [-0.3, -0.25) is 14.5 Å². The first kappa shape index (κ1) is 22.6. The third-order valence-electron chi connectivity index (χ3n) is 5.74. The van der Waals surface area contributed by atoms with Gasteiger partial charge in [0.15, 0.2) is 34.5 Å². The molecular formula is C26H16ClF2NO5. The fraction of sp³-hybridized carbons (Fsp3) is 0.0769. The number of rotatable bonds is 5. The summed E-state index contributed by atoms with van der Waals surface area (Å²) >= 11 is 6.11. The molecule has 0 saturated heterocycles. The number of aliphatic hydroxyl groups is 1. The molecule has 3 aromatic carbocycles. The number of amides is 1. The fourth-order valence-electron chi connectivity index (χ4n) is 4.17. The second-order valence-electron chi connectivity index (χ2n) is 7.82. The maximum Gasteiger partial charge on any atom is 0.294 e. The predicted molar refractivity (Wildman–Crippen MR) is 125 cm³/mol. The molecule has 0 fully saturated rings. The van der Waals surface area contributed by atoms with E-state index in [9.17, 15) is 23.5 Å². The number of hydrogen-bond donors (Lipinski definition) is 1. The molecule has 9 heteroatoms. The molecule has 0 aliphatic carbocycles. The van der Waals surface area contributed by atoms with Gasteiger partial charge in [0.05, 0.1) is 18.7 Å². The number of ether oxygens (including phenoxy) is 1. The lowest BCUT2D eigenvalue weighted by Crippen LogP contribution is -2.31. The second kappa shape index (κ2) is 8.56. The summed E-state index contributed by atoms with van der Waals surface area (Å²) < 4.78 is 38.6. The van der Waals surface area contributed by atoms with E-state index in [1.165, 1.54) is 25.3 Å². The van der Waals surface area contributed by atoms with Gasteiger partial charge in [0, 0.05) is 28.2 Å². The van der Waals surface area contributed by atoms with Crippen LogP contribution in [0, 0.1) is 11.6 Å². The molecule has 1 unspecified atom stereocenters. The van der Waals surface area contributed by atoms with E-state index in [1.54, 1.807) is 36.4 Å². The van der Waals surface area contributed by atoms with Crippen LogP contribution in [0.25, 0.3) is 11.0 Å². The number of nitrogens with zero attached hydrogens (tertiary/aromatic N) is 1. The van der Waals surface area contributed by atoms with Crippen molar-refractivity contribution in [2.75, 3.05) is 12.0 Å². The molecule has 1 amide bonds. The van der Waals surface area contributed by atoms with Gasteiger partial charge in [0.1, 0.15) is 0 Å². The van der Waals surface area contributed by atoms with Crippen LogP contribution in [-0.2, 0) is 4.79 Å². The Morgan fingerprint density at radius 2 is 1.80 bits per heavy atom. The number of furan rings is 1. The first-order chi connectivity index (χ1) is 16.8. The number of aliphatic hydroxyl groups excluding tert-OH is 1. The maximum absolute atomic E-state index is 14.0. The zero-order valence-corrected chi connectivity index (χ0v) is 18.8. The van der Waals surface area contributed by atoms with Crippen LogP contribution in [0.5, 0.6) is 5.75 Å². The van der Waals surface area contributed by atoms with E-state index in [-0.39, 0.29) is 22.6 Å². The molecule has 176 valence electrons. The van der Waals surface area contributed by atoms with Crippen molar-refractivity contribution in [2.24, 2.45) is 0 Å². The monoisotopic (exact) mass is 495 g/mol. The Labute approximate surface area is 202 Å². The third kappa shape index (κ3) is 3.72. The van der Waals surface area contributed by atoms with Crippen LogP contribution in [0.15, 0.2) is 82.5 Å². The summed E-state index contributed by atoms with van der Waals surface area (Å²) in [5.41, 5.74) is 0.429. The average Bonchev–Trinajstić information content (AvgIpc) is 3.39. The lowest BCUT2D eigenvalue weighted by Gasteiger charge is -2.26. The average molecular weight is 496 g/mol. The van der Waals surface area contributed by atoms with E-state index in [4.69, 9.17) is 20.8 Å². The van der Waals surface area contributed by atoms with E-state index < -0.39 is 35.1 Å². The Balaban J connectivity index is 1.66. The number of benzene rings is 3. The van der Waals surface area contributed by atoms with E-state index in [0.29, 0.717) is 21.7 Å². The van der Waals surface area contributed by atoms with Gasteiger partial charge in [0.2, 0.25) is 5.78 Å². The van der Waals surface area contributed by atoms with Gasteiger partial charge < -0.3 is 14.3 Å². The number of carbonyl (C=O) groups excluding carboxylic acids is 2. The molecule has 1 N–H and O–H groups in total. The highest BCUT2D eigenvalue weighted by atomic mass is 35.5. The molecule has 4 aromatic rings. The maximum atomic E-state index is 14.0. The topological polar surface area (TPSA) is 80.0 Å². The smallest absolute Gasteiger partial charge is 0.294 e. The molecule has 0 radical (unpaired) electrons. The quantitative estimate of drug-likeness (QED) is 0.336. The van der Waals surface area contributed by atoms with E-state index in [2.05, 4.69) is 0 Å². The minimum absolute atomic E-state index is 0.0323. The van der Waals surface area contributed by atoms with Gasteiger partial charge in [-0.15, -0.1) is 0 Å². The van der Waals surface area contributed by atoms with Crippen molar-refractivity contribution in [3.63, 3.8) is 0 Å². The summed E-state index contributed by atoms with van der Waals surface area (Å²) in [6, 6.07) is 14.7. The molecule has 0 bridgehead atoms. The fourth-order valence-corrected chi connectivity index (χ4v) is 4.39. The summed E-state index contributed by atoms with van der Waals surface area (Å²) in [5.74, 6) is -4.66. The Kier molecular flexibility index (Phi) is 5.53. The standard InChI is InChI=1S/C26H16ClF2NO5/c1-34-20-11-15(27)9-14-10-19(35-25(14)20)23(31)21-22(13-5-3-2-4-6-13)30(26(33)24(21)32)16-7-8-17(28)18(29)12-16/h2-12,22,32H,1H3. The van der Waals surface area contributed by atoms with Crippen molar-refractivity contribution in [3.8, 4) is 5.75 Å². The van der Waals surface area contributed by atoms with Crippen molar-refractivity contribution in [2.45, 2.75) is 6.04 Å². The zero-order valence-electron chi connectivity index (χ0n) is 18.1. The van der Waals surface area contributed by atoms with Crippen molar-refractivity contribution >= 4 is 39.9 Å². The minimum atomic E-state index is -1.18. The highest BCUT2D eigenvalue weighted by molar-refractivity contribution is 6.31. The van der Waals surface area contributed by atoms with Gasteiger partial charge in [0.25, 0.3) is 5.91 Å². The molecule has 1 aliphatic rings. The van der Waals surface area contributed by atoms with Crippen molar-refractivity contribution in [1.29, 1.82) is 0 Å². The van der Waals surface area contributed by atoms with E-state index in [1.807, 2.05) is 0 Å². The molecular weight excluding hydrogens is 480 g/mol. The van der Waals surface area contributed by atoms with Crippen LogP contribution >= 0.6 is 11.6 Å². The summed E-state index contributed by atoms with van der Waals surface area (Å²) in [6.07, 6.45) is 0. The summed E-state index contributed by atoms with van der Waals surface area (Å²) in [5, 5.41) is 11.7. The number of anilines is 1. The molecule has 5 rings (SSSR count). The Morgan fingerprint density at radius 1 is 1.06 bits per heavy atom. The number of halogens is 3. The Morgan fingerprint density at radius 3 is 2.49 bits per heavy atom. The molecule has 1 aromatic heterocycles. The highest BCUT2D eigenvalue weighted by Gasteiger charge is 2.45. The van der Waals surface area contributed by atoms with Crippen LogP contribution in [0.4, 0.5) is 14.5 Å². The molecule has 6 nitrogen and oxygen atoms in total. The van der Waals surface area contributed by atoms with Crippen molar-refractivity contribution in [1.82, 2.24) is 0 Å². The lowest BCUT2D eigenvalue weighted by molar-refractivity contribution is -0.117. The minimum Gasteiger partial charge on any atom is -0.503 e. The number of Topliss-reactive ketones (excluding diaryl/α,β-unsaturated/α-hetero) is 1. The molecule has 35 heavy (non-hydrogen) atoms. The summed E-state index contributed by atoms with van der Waals surface area (Å²) in [4.78, 5) is 27.8. The van der Waals surface area contributed by atoms with Gasteiger partial charge in [-0.2, -0.15) is 0 Å². The Hall–Kier alpha value is -4.17. The van der Waals surface area contributed by atoms with Crippen molar-refractivity contribution < 1.29 is 32.6 Å². The van der Waals surface area contributed by atoms with Crippen LogP contribution in [0.3, 0.4) is 0 Å². The molecule has 1 atom stereocenters. The third-order valence-corrected chi connectivity index (χ3v) is 5.96. The number of ketones is 1. The van der Waals surface area contributed by atoms with Gasteiger partial charge in [-0.1, -0.05) is 41.9 Å². The predicted octanol–water partition coefficient (Wildman–Crippen LogP) is 6.16. The summed E-state index contributed by atoms with van der Waals surface area (Å²) in [7, 11) is 1.42. The molecule has 1 aliphatic heterocycles. The van der Waals surface area contributed by atoms with Gasteiger partial charge in [-0.05, 0) is 29.8 Å². The molecule has 0 spiro atoms.